The number of carbonyl (C=O) groups excluding carboxylic acids is 1. The van der Waals surface area contributed by atoms with Crippen LogP contribution in [0, 0.1) is 5.82 Å². The van der Waals surface area contributed by atoms with E-state index < -0.39 is 32.4 Å². The van der Waals surface area contributed by atoms with Crippen molar-refractivity contribution >= 4 is 49.2 Å². The highest BCUT2D eigenvalue weighted by Gasteiger charge is 2.24. The zero-order chi connectivity index (χ0) is 16.2. The fourth-order valence-electron chi connectivity index (χ4n) is 1.39. The van der Waals surface area contributed by atoms with E-state index in [1.54, 1.807) is 6.92 Å². The van der Waals surface area contributed by atoms with Gasteiger partial charge in [-0.05, 0) is 28.9 Å². The van der Waals surface area contributed by atoms with Crippen molar-refractivity contribution in [1.29, 1.82) is 0 Å². The second-order valence-corrected chi connectivity index (χ2v) is 6.79. The van der Waals surface area contributed by atoms with Crippen LogP contribution in [0.2, 0.25) is 5.02 Å². The van der Waals surface area contributed by atoms with E-state index in [2.05, 4.69) is 25.4 Å². The van der Waals surface area contributed by atoms with E-state index in [1.807, 2.05) is 0 Å². The second kappa shape index (κ2) is 7.39. The van der Waals surface area contributed by atoms with E-state index in [1.165, 1.54) is 0 Å². The molecule has 0 saturated heterocycles. The van der Waals surface area contributed by atoms with Crippen LogP contribution in [0.25, 0.3) is 0 Å². The predicted octanol–water partition coefficient (Wildman–Crippen LogP) is 2.06. The number of esters is 1. The number of rotatable bonds is 6. The van der Waals surface area contributed by atoms with Gasteiger partial charge in [0.15, 0.2) is 5.82 Å². The van der Waals surface area contributed by atoms with Gasteiger partial charge in [0.1, 0.15) is 4.90 Å². The molecule has 0 bridgehead atoms. The predicted molar refractivity (Wildman–Crippen MR) is 80.0 cm³/mol. The highest BCUT2D eigenvalue weighted by atomic mass is 79.9. The molecular formula is C11H13BrClFN2O4S. The van der Waals surface area contributed by atoms with Crippen molar-refractivity contribution in [2.24, 2.45) is 0 Å². The molecule has 0 fully saturated rings. The number of anilines is 1. The number of ether oxygens (including phenoxy) is 1. The molecule has 0 aromatic heterocycles. The minimum Gasteiger partial charge on any atom is -0.466 e. The van der Waals surface area contributed by atoms with Crippen LogP contribution in [0.3, 0.4) is 0 Å². The van der Waals surface area contributed by atoms with Gasteiger partial charge in [-0.15, -0.1) is 0 Å². The molecule has 0 unspecified atom stereocenters. The quantitative estimate of drug-likeness (QED) is 0.430. The van der Waals surface area contributed by atoms with Gasteiger partial charge >= 0.3 is 5.97 Å². The van der Waals surface area contributed by atoms with E-state index in [0.29, 0.717) is 0 Å². The third kappa shape index (κ3) is 4.53. The Balaban J connectivity index is 2.92. The first-order valence-electron chi connectivity index (χ1n) is 5.79. The van der Waals surface area contributed by atoms with E-state index >= 15 is 0 Å². The lowest BCUT2D eigenvalue weighted by Gasteiger charge is -2.11. The summed E-state index contributed by atoms with van der Waals surface area (Å²) in [7, 11) is -4.18. The van der Waals surface area contributed by atoms with Gasteiger partial charge in [0.2, 0.25) is 10.0 Å². The summed E-state index contributed by atoms with van der Waals surface area (Å²) in [4.78, 5) is 10.4. The molecular weight excluding hydrogens is 391 g/mol. The Labute approximate surface area is 135 Å². The largest absolute Gasteiger partial charge is 0.466 e. The van der Waals surface area contributed by atoms with Crippen molar-refractivity contribution in [3.05, 3.63) is 21.4 Å². The van der Waals surface area contributed by atoms with Crippen LogP contribution in [0.5, 0.6) is 0 Å². The summed E-state index contributed by atoms with van der Waals surface area (Å²) in [5, 5.41) is -0.0420. The van der Waals surface area contributed by atoms with Gasteiger partial charge in [0, 0.05) is 6.54 Å². The molecule has 1 aromatic rings. The molecule has 21 heavy (non-hydrogen) atoms. The number of hydrogen-bond acceptors (Lipinski definition) is 5. The molecule has 0 saturated carbocycles. The third-order valence-electron chi connectivity index (χ3n) is 2.37. The molecule has 118 valence electrons. The minimum absolute atomic E-state index is 0.0420. The van der Waals surface area contributed by atoms with Crippen LogP contribution in [0.1, 0.15) is 13.3 Å². The Kier molecular flexibility index (Phi) is 6.39. The number of benzene rings is 1. The molecule has 0 heterocycles. The maximum atomic E-state index is 13.9. The van der Waals surface area contributed by atoms with E-state index in [0.717, 1.165) is 6.07 Å². The molecule has 1 rings (SSSR count). The zero-order valence-electron chi connectivity index (χ0n) is 11.0. The summed E-state index contributed by atoms with van der Waals surface area (Å²) in [5.41, 5.74) is 5.01. The van der Waals surface area contributed by atoms with Gasteiger partial charge in [-0.3, -0.25) is 4.79 Å². The third-order valence-corrected chi connectivity index (χ3v) is 5.21. The summed E-state index contributed by atoms with van der Waals surface area (Å²) >= 11 is 8.71. The minimum atomic E-state index is -4.18. The molecule has 0 aliphatic carbocycles. The highest BCUT2D eigenvalue weighted by Crippen LogP contribution is 2.34. The molecule has 0 amide bonds. The summed E-state index contributed by atoms with van der Waals surface area (Å²) in [5.74, 6) is -1.68. The number of nitrogens with one attached hydrogen (secondary N) is 1. The summed E-state index contributed by atoms with van der Waals surface area (Å²) in [6.45, 7) is 1.59. The first-order valence-corrected chi connectivity index (χ1v) is 8.44. The highest BCUT2D eigenvalue weighted by molar-refractivity contribution is 9.10. The van der Waals surface area contributed by atoms with Crippen LogP contribution in [-0.4, -0.2) is 27.5 Å². The van der Waals surface area contributed by atoms with Crippen molar-refractivity contribution in [2.45, 2.75) is 18.2 Å². The summed E-state index contributed by atoms with van der Waals surface area (Å²) < 4.78 is 44.7. The Hall–Kier alpha value is -0.900. The molecule has 10 heteroatoms. The lowest BCUT2D eigenvalue weighted by Crippen LogP contribution is -2.27. The lowest BCUT2D eigenvalue weighted by atomic mass is 10.3. The summed E-state index contributed by atoms with van der Waals surface area (Å²) in [6, 6.07) is 0.935. The average Bonchev–Trinajstić information content (AvgIpc) is 2.40. The monoisotopic (exact) mass is 402 g/mol. The molecule has 0 radical (unpaired) electrons. The lowest BCUT2D eigenvalue weighted by molar-refractivity contribution is -0.142. The maximum absolute atomic E-state index is 13.9. The van der Waals surface area contributed by atoms with Crippen molar-refractivity contribution in [1.82, 2.24) is 4.72 Å². The second-order valence-electron chi connectivity index (χ2n) is 3.85. The first-order chi connectivity index (χ1) is 9.70. The Morgan fingerprint density at radius 3 is 2.76 bits per heavy atom. The van der Waals surface area contributed by atoms with Gasteiger partial charge in [0.05, 0.1) is 28.2 Å². The van der Waals surface area contributed by atoms with Crippen LogP contribution < -0.4 is 10.5 Å². The standard InChI is InChI=1S/C11H13BrClFN2O4S/c1-2-20-8(17)3-4-16-21(18,19)7-5-6(13)9(12)11(15)10(7)14/h5,16H,2-4,15H2,1H3. The van der Waals surface area contributed by atoms with E-state index in [9.17, 15) is 17.6 Å². The number of sulfonamides is 1. The molecule has 3 N–H and O–H groups in total. The van der Waals surface area contributed by atoms with Crippen molar-refractivity contribution in [2.75, 3.05) is 18.9 Å². The van der Waals surface area contributed by atoms with Gasteiger partial charge in [-0.25, -0.2) is 17.5 Å². The van der Waals surface area contributed by atoms with Crippen molar-refractivity contribution in [3.63, 3.8) is 0 Å². The van der Waals surface area contributed by atoms with Gasteiger partial charge in [0.25, 0.3) is 0 Å². The van der Waals surface area contributed by atoms with Crippen LogP contribution in [0.4, 0.5) is 10.1 Å². The molecule has 0 aliphatic rings. The van der Waals surface area contributed by atoms with Crippen molar-refractivity contribution in [3.8, 4) is 0 Å². The number of carbonyl (C=O) groups is 1. The van der Waals surface area contributed by atoms with Gasteiger partial charge < -0.3 is 10.5 Å². The van der Waals surface area contributed by atoms with Crippen LogP contribution >= 0.6 is 27.5 Å². The number of halogens is 3. The first kappa shape index (κ1) is 18.1. The molecule has 1 aromatic carbocycles. The molecule has 0 atom stereocenters. The number of nitrogens with two attached hydrogens (primary N) is 1. The Morgan fingerprint density at radius 2 is 2.19 bits per heavy atom. The normalized spacial score (nSPS) is 11.4. The zero-order valence-corrected chi connectivity index (χ0v) is 14.1. The SMILES string of the molecule is CCOC(=O)CCNS(=O)(=O)c1cc(Cl)c(Br)c(N)c1F. The van der Waals surface area contributed by atoms with Crippen LogP contribution in [-0.2, 0) is 19.6 Å². The molecule has 6 nitrogen and oxygen atoms in total. The Bertz CT molecular complexity index is 654. The van der Waals surface area contributed by atoms with Gasteiger partial charge in [-0.2, -0.15) is 0 Å². The van der Waals surface area contributed by atoms with Crippen LogP contribution in [0.15, 0.2) is 15.4 Å². The maximum Gasteiger partial charge on any atom is 0.307 e. The Morgan fingerprint density at radius 1 is 1.57 bits per heavy atom. The number of nitrogen functional groups attached to an aromatic ring is 1. The number of hydrogen-bond donors (Lipinski definition) is 2. The van der Waals surface area contributed by atoms with E-state index in [-0.39, 0.29) is 29.1 Å². The van der Waals surface area contributed by atoms with Gasteiger partial charge in [-0.1, -0.05) is 11.6 Å². The fraction of sp³-hybridized carbons (Fsp3) is 0.364. The smallest absolute Gasteiger partial charge is 0.307 e. The molecule has 0 spiro atoms. The average molecular weight is 404 g/mol. The van der Waals surface area contributed by atoms with E-state index in [4.69, 9.17) is 17.3 Å². The molecule has 0 aliphatic heterocycles. The summed E-state index contributed by atoms with van der Waals surface area (Å²) in [6.07, 6.45) is -0.172. The topological polar surface area (TPSA) is 98.5 Å². The van der Waals surface area contributed by atoms with Crippen molar-refractivity contribution < 1.29 is 22.3 Å². The fourth-order valence-corrected chi connectivity index (χ4v) is 3.10.